The molecule has 0 aliphatic carbocycles. The Labute approximate surface area is 151 Å². The Balaban J connectivity index is 1.89. The van der Waals surface area contributed by atoms with Gasteiger partial charge in [0, 0.05) is 18.3 Å². The minimum Gasteiger partial charge on any atom is -0.495 e. The van der Waals surface area contributed by atoms with Crippen LogP contribution in [0.1, 0.15) is 17.2 Å². The lowest BCUT2D eigenvalue weighted by Crippen LogP contribution is -2.23. The molecule has 1 amide bonds. The SMILES string of the molecule is COc1ccccc1NC(=O)C(Cc1ccccn1)c1ccc(F)cc1. The van der Waals surface area contributed by atoms with Crippen LogP contribution in [0, 0.1) is 5.82 Å². The maximum absolute atomic E-state index is 13.3. The van der Waals surface area contributed by atoms with Crippen LogP contribution in [0.3, 0.4) is 0 Å². The van der Waals surface area contributed by atoms with Crippen LogP contribution in [0.25, 0.3) is 0 Å². The zero-order chi connectivity index (χ0) is 18.4. The van der Waals surface area contributed by atoms with Crippen molar-refractivity contribution >= 4 is 11.6 Å². The maximum Gasteiger partial charge on any atom is 0.232 e. The topological polar surface area (TPSA) is 51.2 Å². The predicted octanol–water partition coefficient (Wildman–Crippen LogP) is 4.19. The highest BCUT2D eigenvalue weighted by Crippen LogP contribution is 2.27. The summed E-state index contributed by atoms with van der Waals surface area (Å²) in [5.74, 6) is -0.464. The molecule has 0 saturated carbocycles. The first-order chi connectivity index (χ1) is 12.7. The van der Waals surface area contributed by atoms with Gasteiger partial charge in [0.05, 0.1) is 18.7 Å². The molecule has 0 bridgehead atoms. The van der Waals surface area contributed by atoms with Crippen LogP contribution in [0.5, 0.6) is 5.75 Å². The molecular weight excluding hydrogens is 331 g/mol. The summed E-state index contributed by atoms with van der Waals surface area (Å²) in [6, 6.07) is 18.8. The third kappa shape index (κ3) is 4.25. The molecule has 4 nitrogen and oxygen atoms in total. The standard InChI is InChI=1S/C21H19FN2O2/c1-26-20-8-3-2-7-19(20)24-21(25)18(14-17-6-4-5-13-23-17)15-9-11-16(22)12-10-15/h2-13,18H,14H2,1H3,(H,24,25). The van der Waals surface area contributed by atoms with Gasteiger partial charge in [0.2, 0.25) is 5.91 Å². The van der Waals surface area contributed by atoms with E-state index in [4.69, 9.17) is 4.74 Å². The first-order valence-electron chi connectivity index (χ1n) is 8.26. The van der Waals surface area contributed by atoms with Gasteiger partial charge < -0.3 is 10.1 Å². The second kappa shape index (κ2) is 8.25. The van der Waals surface area contributed by atoms with Gasteiger partial charge in [-0.15, -0.1) is 0 Å². The van der Waals surface area contributed by atoms with Crippen molar-refractivity contribution in [3.05, 3.63) is 90.0 Å². The molecule has 0 saturated heterocycles. The third-order valence-corrected chi connectivity index (χ3v) is 4.09. The molecule has 1 N–H and O–H groups in total. The lowest BCUT2D eigenvalue weighted by Gasteiger charge is -2.18. The van der Waals surface area contributed by atoms with Gasteiger partial charge in [-0.2, -0.15) is 0 Å². The normalized spacial score (nSPS) is 11.6. The number of amides is 1. The molecule has 26 heavy (non-hydrogen) atoms. The molecule has 1 aromatic heterocycles. The minimum absolute atomic E-state index is 0.202. The van der Waals surface area contributed by atoms with Crippen LogP contribution < -0.4 is 10.1 Å². The number of para-hydroxylation sites is 2. The molecule has 0 fully saturated rings. The molecule has 2 aromatic carbocycles. The van der Waals surface area contributed by atoms with E-state index in [0.717, 1.165) is 11.3 Å². The van der Waals surface area contributed by atoms with Crippen LogP contribution in [0.4, 0.5) is 10.1 Å². The van der Waals surface area contributed by atoms with Crippen molar-refractivity contribution in [1.29, 1.82) is 0 Å². The molecule has 3 aromatic rings. The molecule has 5 heteroatoms. The Hall–Kier alpha value is -3.21. The highest BCUT2D eigenvalue weighted by atomic mass is 19.1. The monoisotopic (exact) mass is 350 g/mol. The summed E-state index contributed by atoms with van der Waals surface area (Å²) in [7, 11) is 1.55. The summed E-state index contributed by atoms with van der Waals surface area (Å²) in [5.41, 5.74) is 2.11. The summed E-state index contributed by atoms with van der Waals surface area (Å²) < 4.78 is 18.6. The number of ether oxygens (including phenoxy) is 1. The number of methoxy groups -OCH3 is 1. The number of benzene rings is 2. The van der Waals surface area contributed by atoms with E-state index in [-0.39, 0.29) is 11.7 Å². The number of nitrogens with zero attached hydrogens (tertiary/aromatic N) is 1. The van der Waals surface area contributed by atoms with Gasteiger partial charge in [-0.3, -0.25) is 9.78 Å². The Morgan fingerprint density at radius 3 is 2.50 bits per heavy atom. The number of rotatable bonds is 6. The average molecular weight is 350 g/mol. The quantitative estimate of drug-likeness (QED) is 0.725. The van der Waals surface area contributed by atoms with Crippen LogP contribution in [0.2, 0.25) is 0 Å². The van der Waals surface area contributed by atoms with Crippen molar-refractivity contribution in [3.63, 3.8) is 0 Å². The van der Waals surface area contributed by atoms with Crippen molar-refractivity contribution in [2.24, 2.45) is 0 Å². The summed E-state index contributed by atoms with van der Waals surface area (Å²) >= 11 is 0. The first-order valence-corrected chi connectivity index (χ1v) is 8.26. The van der Waals surface area contributed by atoms with Crippen LogP contribution in [-0.2, 0) is 11.2 Å². The Kier molecular flexibility index (Phi) is 5.59. The fourth-order valence-corrected chi connectivity index (χ4v) is 2.75. The molecule has 1 atom stereocenters. The zero-order valence-corrected chi connectivity index (χ0v) is 14.4. The summed E-state index contributed by atoms with van der Waals surface area (Å²) in [4.78, 5) is 17.3. The van der Waals surface area contributed by atoms with Crippen molar-refractivity contribution in [3.8, 4) is 5.75 Å². The molecule has 132 valence electrons. The van der Waals surface area contributed by atoms with Gasteiger partial charge in [-0.05, 0) is 42.0 Å². The number of aromatic nitrogens is 1. The van der Waals surface area contributed by atoms with Gasteiger partial charge in [0.1, 0.15) is 11.6 Å². The molecule has 0 spiro atoms. The minimum atomic E-state index is -0.504. The maximum atomic E-state index is 13.3. The van der Waals surface area contributed by atoms with Crippen molar-refractivity contribution < 1.29 is 13.9 Å². The second-order valence-electron chi connectivity index (χ2n) is 5.82. The van der Waals surface area contributed by atoms with E-state index >= 15 is 0 Å². The lowest BCUT2D eigenvalue weighted by molar-refractivity contribution is -0.117. The molecule has 1 unspecified atom stereocenters. The number of anilines is 1. The van der Waals surface area contributed by atoms with E-state index in [1.165, 1.54) is 12.1 Å². The zero-order valence-electron chi connectivity index (χ0n) is 14.4. The van der Waals surface area contributed by atoms with Crippen molar-refractivity contribution in [1.82, 2.24) is 4.98 Å². The van der Waals surface area contributed by atoms with Crippen molar-refractivity contribution in [2.75, 3.05) is 12.4 Å². The fraction of sp³-hybridized carbons (Fsp3) is 0.143. The second-order valence-corrected chi connectivity index (χ2v) is 5.82. The third-order valence-electron chi connectivity index (χ3n) is 4.09. The molecular formula is C21H19FN2O2. The molecule has 0 aliphatic rings. The van der Waals surface area contributed by atoms with Gasteiger partial charge in [-0.25, -0.2) is 4.39 Å². The fourth-order valence-electron chi connectivity index (χ4n) is 2.75. The van der Waals surface area contributed by atoms with E-state index in [2.05, 4.69) is 10.3 Å². The number of hydrogen-bond donors (Lipinski definition) is 1. The Morgan fingerprint density at radius 2 is 1.81 bits per heavy atom. The van der Waals surface area contributed by atoms with Crippen LogP contribution in [-0.4, -0.2) is 18.0 Å². The number of carbonyl (C=O) groups is 1. The van der Waals surface area contributed by atoms with E-state index < -0.39 is 5.92 Å². The smallest absolute Gasteiger partial charge is 0.232 e. The van der Waals surface area contributed by atoms with Crippen LogP contribution >= 0.6 is 0 Å². The molecule has 1 heterocycles. The Bertz CT molecular complexity index is 867. The van der Waals surface area contributed by atoms with E-state index in [1.807, 2.05) is 30.3 Å². The van der Waals surface area contributed by atoms with Gasteiger partial charge in [-0.1, -0.05) is 30.3 Å². The van der Waals surface area contributed by atoms with E-state index in [0.29, 0.717) is 17.9 Å². The van der Waals surface area contributed by atoms with E-state index in [1.54, 1.807) is 37.6 Å². The van der Waals surface area contributed by atoms with Crippen molar-refractivity contribution in [2.45, 2.75) is 12.3 Å². The van der Waals surface area contributed by atoms with Gasteiger partial charge >= 0.3 is 0 Å². The molecule has 3 rings (SSSR count). The number of hydrogen-bond acceptors (Lipinski definition) is 3. The summed E-state index contributed by atoms with van der Waals surface area (Å²) in [6.45, 7) is 0. The molecule has 0 radical (unpaired) electrons. The number of nitrogens with one attached hydrogen (secondary N) is 1. The number of carbonyl (C=O) groups excluding carboxylic acids is 1. The lowest BCUT2D eigenvalue weighted by atomic mass is 9.93. The average Bonchev–Trinajstić information content (AvgIpc) is 2.68. The summed E-state index contributed by atoms with van der Waals surface area (Å²) in [6.07, 6.45) is 2.10. The predicted molar refractivity (Wildman–Crippen MR) is 98.7 cm³/mol. The van der Waals surface area contributed by atoms with Crippen LogP contribution in [0.15, 0.2) is 72.9 Å². The highest BCUT2D eigenvalue weighted by Gasteiger charge is 2.23. The Morgan fingerprint density at radius 1 is 1.08 bits per heavy atom. The number of halogens is 1. The van der Waals surface area contributed by atoms with E-state index in [9.17, 15) is 9.18 Å². The largest absolute Gasteiger partial charge is 0.495 e. The van der Waals surface area contributed by atoms with Gasteiger partial charge in [0.15, 0.2) is 0 Å². The van der Waals surface area contributed by atoms with Gasteiger partial charge in [0.25, 0.3) is 0 Å². The highest BCUT2D eigenvalue weighted by molar-refractivity contribution is 5.97. The first kappa shape index (κ1) is 17.6. The molecule has 0 aliphatic heterocycles. The summed E-state index contributed by atoms with van der Waals surface area (Å²) in [5, 5.41) is 2.91. The number of pyridine rings is 1.